The van der Waals surface area contributed by atoms with Crippen LogP contribution in [-0.2, 0) is 11.3 Å². The lowest BCUT2D eigenvalue weighted by atomic mass is 10.1. The van der Waals surface area contributed by atoms with Gasteiger partial charge in [0.15, 0.2) is 0 Å². The number of benzene rings is 1. The molecule has 0 amide bonds. The van der Waals surface area contributed by atoms with E-state index in [1.54, 1.807) is 0 Å². The van der Waals surface area contributed by atoms with E-state index in [2.05, 4.69) is 48.4 Å². The predicted octanol–water partition coefficient (Wildman–Crippen LogP) is 3.39. The number of para-hydroxylation sites is 1. The van der Waals surface area contributed by atoms with Crippen molar-refractivity contribution in [3.63, 3.8) is 0 Å². The molecule has 0 atom stereocenters. The Kier molecular flexibility index (Phi) is 5.96. The molecule has 0 saturated heterocycles. The summed E-state index contributed by atoms with van der Waals surface area (Å²) in [5.74, 6) is 0.617. The van der Waals surface area contributed by atoms with Crippen molar-refractivity contribution in [1.82, 2.24) is 10.3 Å². The van der Waals surface area contributed by atoms with Gasteiger partial charge in [0.1, 0.15) is 0 Å². The molecule has 1 aromatic heterocycles. The quantitative estimate of drug-likeness (QED) is 0.748. The number of pyridine rings is 1. The summed E-state index contributed by atoms with van der Waals surface area (Å²) < 4.78 is 5.57. The van der Waals surface area contributed by atoms with E-state index in [-0.39, 0.29) is 0 Å². The van der Waals surface area contributed by atoms with Crippen molar-refractivity contribution in [2.24, 2.45) is 5.92 Å². The molecule has 0 spiro atoms. The Morgan fingerprint density at radius 2 is 2.05 bits per heavy atom. The van der Waals surface area contributed by atoms with Gasteiger partial charge in [-0.3, -0.25) is 4.98 Å². The lowest BCUT2D eigenvalue weighted by Crippen LogP contribution is -2.17. The molecule has 108 valence electrons. The zero-order valence-electron chi connectivity index (χ0n) is 12.4. The first-order valence-electron chi connectivity index (χ1n) is 7.38. The lowest BCUT2D eigenvalue weighted by molar-refractivity contribution is 0.108. The number of ether oxygens (including phenoxy) is 1. The number of aromatic nitrogens is 1. The van der Waals surface area contributed by atoms with E-state index < -0.39 is 0 Å². The van der Waals surface area contributed by atoms with E-state index in [4.69, 9.17) is 4.74 Å². The summed E-state index contributed by atoms with van der Waals surface area (Å²) in [6.07, 6.45) is 2.93. The van der Waals surface area contributed by atoms with Crippen LogP contribution in [0, 0.1) is 5.92 Å². The molecule has 0 bridgehead atoms. The Bertz CT molecular complexity index is 520. The highest BCUT2D eigenvalue weighted by Gasteiger charge is 2.00. The van der Waals surface area contributed by atoms with Crippen molar-refractivity contribution in [2.45, 2.75) is 26.8 Å². The highest BCUT2D eigenvalue weighted by atomic mass is 16.5. The molecule has 0 aliphatic heterocycles. The molecular weight excluding hydrogens is 248 g/mol. The van der Waals surface area contributed by atoms with Gasteiger partial charge in [0.25, 0.3) is 0 Å². The van der Waals surface area contributed by atoms with E-state index in [9.17, 15) is 0 Å². The van der Waals surface area contributed by atoms with Gasteiger partial charge in [-0.15, -0.1) is 0 Å². The first-order valence-corrected chi connectivity index (χ1v) is 7.38. The molecule has 3 heteroatoms. The van der Waals surface area contributed by atoms with Crippen molar-refractivity contribution >= 4 is 10.9 Å². The van der Waals surface area contributed by atoms with Gasteiger partial charge in [-0.2, -0.15) is 0 Å². The predicted molar refractivity (Wildman–Crippen MR) is 83.7 cm³/mol. The second kappa shape index (κ2) is 7.98. The average Bonchev–Trinajstić information content (AvgIpc) is 2.46. The van der Waals surface area contributed by atoms with E-state index in [0.717, 1.165) is 38.2 Å². The fraction of sp³-hybridized carbons (Fsp3) is 0.471. The number of nitrogens with one attached hydrogen (secondary N) is 1. The molecule has 2 rings (SSSR count). The number of hydrogen-bond acceptors (Lipinski definition) is 3. The summed E-state index contributed by atoms with van der Waals surface area (Å²) >= 11 is 0. The molecule has 20 heavy (non-hydrogen) atoms. The third-order valence-corrected chi connectivity index (χ3v) is 3.15. The standard InChI is InChI=1S/C17H24N2O/c1-14(2)13-20-11-5-9-18-12-15-8-10-19-17-7-4-3-6-16(15)17/h3-4,6-8,10,14,18H,5,9,11-13H2,1-2H3. The maximum Gasteiger partial charge on any atom is 0.0705 e. The molecule has 0 saturated carbocycles. The minimum absolute atomic E-state index is 0.617. The maximum atomic E-state index is 5.57. The lowest BCUT2D eigenvalue weighted by Gasteiger charge is -2.09. The SMILES string of the molecule is CC(C)COCCCNCc1ccnc2ccccc12. The van der Waals surface area contributed by atoms with Crippen LogP contribution in [0.5, 0.6) is 0 Å². The highest BCUT2D eigenvalue weighted by Crippen LogP contribution is 2.15. The van der Waals surface area contributed by atoms with Crippen molar-refractivity contribution in [1.29, 1.82) is 0 Å². The largest absolute Gasteiger partial charge is 0.381 e. The van der Waals surface area contributed by atoms with Crippen molar-refractivity contribution in [3.8, 4) is 0 Å². The van der Waals surface area contributed by atoms with Crippen LogP contribution in [0.15, 0.2) is 36.5 Å². The third-order valence-electron chi connectivity index (χ3n) is 3.15. The number of fused-ring (bicyclic) bond motifs is 1. The number of hydrogen-bond donors (Lipinski definition) is 1. The molecule has 0 fully saturated rings. The topological polar surface area (TPSA) is 34.1 Å². The van der Waals surface area contributed by atoms with Gasteiger partial charge in [-0.1, -0.05) is 32.0 Å². The zero-order chi connectivity index (χ0) is 14.2. The van der Waals surface area contributed by atoms with Gasteiger partial charge in [0, 0.05) is 31.3 Å². The molecule has 2 aromatic rings. The molecule has 1 aromatic carbocycles. The molecule has 0 radical (unpaired) electrons. The van der Waals surface area contributed by atoms with E-state index >= 15 is 0 Å². The second-order valence-electron chi connectivity index (χ2n) is 5.49. The monoisotopic (exact) mass is 272 g/mol. The van der Waals surface area contributed by atoms with Gasteiger partial charge in [0.2, 0.25) is 0 Å². The van der Waals surface area contributed by atoms with Crippen molar-refractivity contribution < 1.29 is 4.74 Å². The van der Waals surface area contributed by atoms with E-state index in [0.29, 0.717) is 5.92 Å². The first kappa shape index (κ1) is 14.9. The van der Waals surface area contributed by atoms with Crippen LogP contribution < -0.4 is 5.32 Å². The van der Waals surface area contributed by atoms with Crippen LogP contribution >= 0.6 is 0 Å². The van der Waals surface area contributed by atoms with Gasteiger partial charge in [-0.05, 0) is 36.6 Å². The Labute approximate surface area is 121 Å². The number of rotatable bonds is 8. The van der Waals surface area contributed by atoms with E-state index in [1.165, 1.54) is 10.9 Å². The van der Waals surface area contributed by atoms with Crippen molar-refractivity contribution in [3.05, 3.63) is 42.1 Å². The van der Waals surface area contributed by atoms with Crippen LogP contribution in [0.1, 0.15) is 25.8 Å². The molecule has 0 aliphatic rings. The minimum atomic E-state index is 0.617. The highest BCUT2D eigenvalue weighted by molar-refractivity contribution is 5.81. The molecule has 1 heterocycles. The van der Waals surface area contributed by atoms with Crippen LogP contribution in [0.3, 0.4) is 0 Å². The summed E-state index contributed by atoms with van der Waals surface area (Å²) in [6.45, 7) is 7.90. The van der Waals surface area contributed by atoms with Crippen LogP contribution in [-0.4, -0.2) is 24.7 Å². The number of nitrogens with zero attached hydrogens (tertiary/aromatic N) is 1. The Morgan fingerprint density at radius 3 is 2.90 bits per heavy atom. The molecule has 3 nitrogen and oxygen atoms in total. The fourth-order valence-electron chi connectivity index (χ4n) is 2.15. The Balaban J connectivity index is 1.73. The van der Waals surface area contributed by atoms with Gasteiger partial charge in [0.05, 0.1) is 5.52 Å². The van der Waals surface area contributed by atoms with Crippen LogP contribution in [0.25, 0.3) is 10.9 Å². The van der Waals surface area contributed by atoms with E-state index in [1.807, 2.05) is 12.3 Å². The zero-order valence-corrected chi connectivity index (χ0v) is 12.4. The third kappa shape index (κ3) is 4.58. The Hall–Kier alpha value is -1.45. The summed E-state index contributed by atoms with van der Waals surface area (Å²) in [6, 6.07) is 10.4. The molecule has 0 unspecified atom stereocenters. The summed E-state index contributed by atoms with van der Waals surface area (Å²) in [7, 11) is 0. The normalized spacial score (nSPS) is 11.3. The summed E-state index contributed by atoms with van der Waals surface area (Å²) in [5.41, 5.74) is 2.37. The average molecular weight is 272 g/mol. The molecule has 0 aliphatic carbocycles. The fourth-order valence-corrected chi connectivity index (χ4v) is 2.15. The Morgan fingerprint density at radius 1 is 1.20 bits per heavy atom. The minimum Gasteiger partial charge on any atom is -0.381 e. The second-order valence-corrected chi connectivity index (χ2v) is 5.49. The van der Waals surface area contributed by atoms with Gasteiger partial charge >= 0.3 is 0 Å². The van der Waals surface area contributed by atoms with Gasteiger partial charge < -0.3 is 10.1 Å². The molecular formula is C17H24N2O. The van der Waals surface area contributed by atoms with Crippen LogP contribution in [0.2, 0.25) is 0 Å². The first-order chi connectivity index (χ1) is 9.77. The smallest absolute Gasteiger partial charge is 0.0705 e. The summed E-state index contributed by atoms with van der Waals surface area (Å²) in [4.78, 5) is 4.38. The van der Waals surface area contributed by atoms with Gasteiger partial charge in [-0.25, -0.2) is 0 Å². The molecule has 1 N–H and O–H groups in total. The van der Waals surface area contributed by atoms with Crippen LogP contribution in [0.4, 0.5) is 0 Å². The van der Waals surface area contributed by atoms with Crippen molar-refractivity contribution in [2.75, 3.05) is 19.8 Å². The summed E-state index contributed by atoms with van der Waals surface area (Å²) in [5, 5.41) is 4.71. The maximum absolute atomic E-state index is 5.57.